The number of carbonyl (C=O) groups excluding carboxylic acids is 1. The van der Waals surface area contributed by atoms with Crippen molar-refractivity contribution in [1.29, 1.82) is 0 Å². The largest absolute Gasteiger partial charge is 0.462 e. The van der Waals surface area contributed by atoms with E-state index < -0.39 is 0 Å². The number of hydrogen-bond donors (Lipinski definition) is 0. The lowest BCUT2D eigenvalue weighted by Crippen LogP contribution is -2.27. The van der Waals surface area contributed by atoms with E-state index >= 15 is 0 Å². The molecule has 1 amide bonds. The van der Waals surface area contributed by atoms with Crippen LogP contribution in [0.1, 0.15) is 26.5 Å². The Bertz CT molecular complexity index is 821. The molecule has 0 saturated carbocycles. The number of nitrogens with zero attached hydrogens (tertiary/aromatic N) is 2. The van der Waals surface area contributed by atoms with Gasteiger partial charge in [-0.3, -0.25) is 4.79 Å². The highest BCUT2D eigenvalue weighted by Gasteiger charge is 2.21. The fourth-order valence-corrected chi connectivity index (χ4v) is 3.27. The van der Waals surface area contributed by atoms with E-state index in [2.05, 4.69) is 18.0 Å². The molecule has 0 radical (unpaired) electrons. The molecule has 5 heteroatoms. The molecule has 23 heavy (non-hydrogen) atoms. The van der Waals surface area contributed by atoms with Crippen LogP contribution in [0.15, 0.2) is 47.1 Å². The van der Waals surface area contributed by atoms with Gasteiger partial charge in [0.1, 0.15) is 5.69 Å². The van der Waals surface area contributed by atoms with Crippen LogP contribution in [-0.2, 0) is 6.54 Å². The minimum atomic E-state index is -0.0696. The molecule has 118 valence electrons. The number of aryl methyl sites for hydroxylation is 2. The number of amides is 1. The molecule has 0 unspecified atom stereocenters. The van der Waals surface area contributed by atoms with E-state index in [1.807, 2.05) is 37.3 Å². The molecule has 2 heterocycles. The van der Waals surface area contributed by atoms with Crippen molar-refractivity contribution in [3.63, 3.8) is 0 Å². The zero-order valence-electron chi connectivity index (χ0n) is 13.4. The standard InChI is InChI=1S/C18H18N2O2S/c1-12-7-4-5-8-14(12)11-20(3)18(21)16-13(2)23-17(19-16)15-9-6-10-22-15/h4-10H,11H2,1-3H3. The number of thiazole rings is 1. The fraction of sp³-hybridized carbons (Fsp3) is 0.222. The third-order valence-corrected chi connectivity index (χ3v) is 4.73. The van der Waals surface area contributed by atoms with E-state index in [0.29, 0.717) is 18.0 Å². The monoisotopic (exact) mass is 326 g/mol. The first-order chi connectivity index (χ1) is 11.1. The summed E-state index contributed by atoms with van der Waals surface area (Å²) in [6.07, 6.45) is 1.61. The smallest absolute Gasteiger partial charge is 0.273 e. The molecule has 3 rings (SSSR count). The Labute approximate surface area is 139 Å². The van der Waals surface area contributed by atoms with Crippen LogP contribution >= 0.6 is 11.3 Å². The van der Waals surface area contributed by atoms with Crippen molar-refractivity contribution in [3.8, 4) is 10.8 Å². The van der Waals surface area contributed by atoms with Gasteiger partial charge in [-0.25, -0.2) is 4.98 Å². The summed E-state index contributed by atoms with van der Waals surface area (Å²) in [6, 6.07) is 11.8. The molecule has 4 nitrogen and oxygen atoms in total. The SMILES string of the molecule is Cc1ccccc1CN(C)C(=O)c1nc(-c2ccco2)sc1C. The summed E-state index contributed by atoms with van der Waals surface area (Å²) in [5, 5.41) is 0.736. The summed E-state index contributed by atoms with van der Waals surface area (Å²) in [7, 11) is 1.81. The van der Waals surface area contributed by atoms with Crippen molar-refractivity contribution in [3.05, 3.63) is 64.4 Å². The van der Waals surface area contributed by atoms with E-state index in [1.54, 1.807) is 18.2 Å². The van der Waals surface area contributed by atoms with Crippen LogP contribution in [0.3, 0.4) is 0 Å². The van der Waals surface area contributed by atoms with Crippen molar-refractivity contribution in [2.24, 2.45) is 0 Å². The minimum absolute atomic E-state index is 0.0696. The Morgan fingerprint density at radius 3 is 2.70 bits per heavy atom. The maximum Gasteiger partial charge on any atom is 0.273 e. The molecular formula is C18H18N2O2S. The Kier molecular flexibility index (Phi) is 4.30. The van der Waals surface area contributed by atoms with Gasteiger partial charge in [0.05, 0.1) is 6.26 Å². The van der Waals surface area contributed by atoms with E-state index in [-0.39, 0.29) is 5.91 Å². The molecule has 0 fully saturated rings. The first kappa shape index (κ1) is 15.5. The normalized spacial score (nSPS) is 10.7. The predicted molar refractivity (Wildman–Crippen MR) is 91.5 cm³/mol. The fourth-order valence-electron chi connectivity index (χ4n) is 2.40. The first-order valence-corrected chi connectivity index (χ1v) is 8.19. The summed E-state index contributed by atoms with van der Waals surface area (Å²) in [6.45, 7) is 4.54. The van der Waals surface area contributed by atoms with Crippen molar-refractivity contribution < 1.29 is 9.21 Å². The summed E-state index contributed by atoms with van der Waals surface area (Å²) in [5.74, 6) is 0.624. The van der Waals surface area contributed by atoms with Gasteiger partial charge < -0.3 is 9.32 Å². The highest BCUT2D eigenvalue weighted by molar-refractivity contribution is 7.15. The third-order valence-electron chi connectivity index (χ3n) is 3.75. The van der Waals surface area contributed by atoms with Crippen LogP contribution in [0.4, 0.5) is 0 Å². The van der Waals surface area contributed by atoms with Gasteiger partial charge in [0.15, 0.2) is 10.8 Å². The van der Waals surface area contributed by atoms with Crippen molar-refractivity contribution >= 4 is 17.2 Å². The van der Waals surface area contributed by atoms with Gasteiger partial charge in [-0.2, -0.15) is 0 Å². The number of aromatic nitrogens is 1. The van der Waals surface area contributed by atoms with Crippen LogP contribution in [0.5, 0.6) is 0 Å². The quantitative estimate of drug-likeness (QED) is 0.718. The maximum absolute atomic E-state index is 12.7. The van der Waals surface area contributed by atoms with E-state index in [0.717, 1.165) is 15.4 Å². The molecular weight excluding hydrogens is 308 g/mol. The average molecular weight is 326 g/mol. The number of furan rings is 1. The molecule has 0 aliphatic rings. The van der Waals surface area contributed by atoms with E-state index in [1.165, 1.54) is 16.9 Å². The topological polar surface area (TPSA) is 46.3 Å². The molecule has 2 aromatic heterocycles. The van der Waals surface area contributed by atoms with E-state index in [9.17, 15) is 4.79 Å². The van der Waals surface area contributed by atoms with Gasteiger partial charge in [0.2, 0.25) is 0 Å². The zero-order valence-corrected chi connectivity index (χ0v) is 14.2. The second kappa shape index (κ2) is 6.38. The second-order valence-corrected chi connectivity index (χ2v) is 6.69. The maximum atomic E-state index is 12.7. The lowest BCUT2D eigenvalue weighted by molar-refractivity contribution is 0.0779. The molecule has 1 aromatic carbocycles. The Balaban J connectivity index is 1.81. The molecule has 0 spiro atoms. The Morgan fingerprint density at radius 1 is 1.22 bits per heavy atom. The van der Waals surface area contributed by atoms with Crippen LogP contribution in [0.25, 0.3) is 10.8 Å². The van der Waals surface area contributed by atoms with Crippen LogP contribution in [0.2, 0.25) is 0 Å². The molecule has 3 aromatic rings. The molecule has 0 aliphatic heterocycles. The van der Waals surface area contributed by atoms with Gasteiger partial charge in [0, 0.05) is 18.5 Å². The van der Waals surface area contributed by atoms with Crippen molar-refractivity contribution in [2.75, 3.05) is 7.05 Å². The summed E-state index contributed by atoms with van der Waals surface area (Å²) < 4.78 is 5.36. The average Bonchev–Trinajstić information content (AvgIpc) is 3.18. The van der Waals surface area contributed by atoms with Crippen molar-refractivity contribution in [2.45, 2.75) is 20.4 Å². The predicted octanol–water partition coefficient (Wildman–Crippen LogP) is 4.29. The molecule has 0 atom stereocenters. The highest BCUT2D eigenvalue weighted by atomic mass is 32.1. The van der Waals surface area contributed by atoms with Crippen LogP contribution < -0.4 is 0 Å². The van der Waals surface area contributed by atoms with Crippen molar-refractivity contribution in [1.82, 2.24) is 9.88 Å². The lowest BCUT2D eigenvalue weighted by Gasteiger charge is -2.17. The first-order valence-electron chi connectivity index (χ1n) is 7.37. The Morgan fingerprint density at radius 2 is 2.00 bits per heavy atom. The third kappa shape index (κ3) is 3.19. The second-order valence-electron chi connectivity index (χ2n) is 5.49. The number of benzene rings is 1. The summed E-state index contributed by atoms with van der Waals surface area (Å²) in [5.41, 5.74) is 2.82. The van der Waals surface area contributed by atoms with Gasteiger partial charge in [0.25, 0.3) is 5.91 Å². The van der Waals surface area contributed by atoms with Gasteiger partial charge >= 0.3 is 0 Å². The number of hydrogen-bond acceptors (Lipinski definition) is 4. The Hall–Kier alpha value is -2.40. The van der Waals surface area contributed by atoms with Crippen LogP contribution in [-0.4, -0.2) is 22.8 Å². The molecule has 0 aliphatic carbocycles. The molecule has 0 bridgehead atoms. The number of rotatable bonds is 4. The molecule has 0 N–H and O–H groups in total. The van der Waals surface area contributed by atoms with Gasteiger partial charge in [-0.15, -0.1) is 11.3 Å². The minimum Gasteiger partial charge on any atom is -0.462 e. The van der Waals surface area contributed by atoms with Gasteiger partial charge in [-0.05, 0) is 37.1 Å². The van der Waals surface area contributed by atoms with Crippen LogP contribution in [0, 0.1) is 13.8 Å². The highest BCUT2D eigenvalue weighted by Crippen LogP contribution is 2.28. The zero-order chi connectivity index (χ0) is 16.4. The van der Waals surface area contributed by atoms with E-state index in [4.69, 9.17) is 4.42 Å². The number of carbonyl (C=O) groups is 1. The molecule has 0 saturated heterocycles. The lowest BCUT2D eigenvalue weighted by atomic mass is 10.1. The summed E-state index contributed by atoms with van der Waals surface area (Å²) in [4.78, 5) is 19.8. The van der Waals surface area contributed by atoms with Gasteiger partial charge in [-0.1, -0.05) is 24.3 Å². The summed E-state index contributed by atoms with van der Waals surface area (Å²) >= 11 is 1.47.